The van der Waals surface area contributed by atoms with Crippen molar-refractivity contribution in [1.82, 2.24) is 39.5 Å². The number of aromatic amines is 3. The first-order chi connectivity index (χ1) is 29.7. The Bertz CT molecular complexity index is 3020. The van der Waals surface area contributed by atoms with E-state index in [4.69, 9.17) is 61.7 Å². The first-order valence-corrected chi connectivity index (χ1v) is 38.2. The van der Waals surface area contributed by atoms with E-state index in [1.165, 1.54) is 24.3 Å². The van der Waals surface area contributed by atoms with E-state index < -0.39 is 33.9 Å². The van der Waals surface area contributed by atoms with E-state index in [9.17, 15) is 24.0 Å². The number of nitrogens with one attached hydrogen (secondary N) is 3. The average molecular weight is 1390 g/mol. The molecule has 0 atom stereocenters. The monoisotopic (exact) mass is 1380 g/mol. The summed E-state index contributed by atoms with van der Waals surface area (Å²) in [5.41, 5.74) is 0.564. The van der Waals surface area contributed by atoms with Gasteiger partial charge in [-0.2, -0.15) is 19.9 Å². The van der Waals surface area contributed by atoms with Crippen LogP contribution in [0.3, 0.4) is 0 Å². The molecule has 63 heavy (non-hydrogen) atoms. The molecule has 330 valence electrons. The Labute approximate surface area is 414 Å². The van der Waals surface area contributed by atoms with Gasteiger partial charge in [0.1, 0.15) is 12.1 Å². The molecule has 0 bridgehead atoms. The maximum absolute atomic E-state index is 12.1. The predicted octanol–water partition coefficient (Wildman–Crippen LogP) is 9.26. The van der Waals surface area contributed by atoms with Crippen molar-refractivity contribution in [2.45, 2.75) is 52.4 Å². The number of aromatic nitrogens is 8. The molecule has 0 unspecified atom stereocenters. The zero-order valence-corrected chi connectivity index (χ0v) is 44.9. The van der Waals surface area contributed by atoms with Gasteiger partial charge in [-0.15, -0.1) is 10.2 Å². The Morgan fingerprint density at radius 1 is 0.683 bits per heavy atom. The van der Waals surface area contributed by atoms with Gasteiger partial charge in [0.25, 0.3) is 16.7 Å². The van der Waals surface area contributed by atoms with Crippen molar-refractivity contribution < 1.29 is 4.74 Å². The summed E-state index contributed by atoms with van der Waals surface area (Å²) in [6.07, 6.45) is 4.05. The van der Waals surface area contributed by atoms with Gasteiger partial charge in [-0.1, -0.05) is 74.1 Å². The third kappa shape index (κ3) is 13.8. The van der Waals surface area contributed by atoms with Crippen molar-refractivity contribution in [3.8, 4) is 29.4 Å². The molecule has 0 saturated heterocycles. The number of hydrogen-bond acceptors (Lipinski definition) is 11. The quantitative estimate of drug-likeness (QED) is 0.115. The summed E-state index contributed by atoms with van der Waals surface area (Å²) in [4.78, 5) is 70.2. The molecular weight excluding hydrogens is 1350 g/mol. The molecular formula is C39H32Cl4I4N10O6. The number of hydrogen-bond donors (Lipinski definition) is 3. The van der Waals surface area contributed by atoms with Crippen LogP contribution in [0.4, 0.5) is 0 Å². The molecule has 0 aliphatic heterocycles. The van der Waals surface area contributed by atoms with Crippen LogP contribution < -0.4 is 32.8 Å². The van der Waals surface area contributed by atoms with Gasteiger partial charge in [0.15, 0.2) is 0 Å². The van der Waals surface area contributed by atoms with Crippen molar-refractivity contribution in [1.29, 1.82) is 10.5 Å². The fourth-order valence-electron chi connectivity index (χ4n) is 5.74. The number of benzene rings is 2. The second-order valence-electron chi connectivity index (χ2n) is 13.6. The number of nitrogens with zero attached hydrogens (tertiary/aromatic N) is 7. The summed E-state index contributed by atoms with van der Waals surface area (Å²) >= 11 is 33.1. The molecule has 24 heteroatoms. The van der Waals surface area contributed by atoms with Crippen LogP contribution >= 0.6 is 110 Å². The molecule has 0 amide bonds. The van der Waals surface area contributed by atoms with Crippen molar-refractivity contribution in [3.63, 3.8) is 0 Å². The normalized spacial score (nSPS) is 10.9. The van der Waals surface area contributed by atoms with Crippen LogP contribution in [-0.2, 0) is 12.8 Å². The van der Waals surface area contributed by atoms with Crippen molar-refractivity contribution in [2.75, 3.05) is 7.11 Å². The van der Waals surface area contributed by atoms with Crippen LogP contribution in [0.15, 0.2) is 72.8 Å². The summed E-state index contributed by atoms with van der Waals surface area (Å²) in [5.74, 6) is 0.839. The van der Waals surface area contributed by atoms with Gasteiger partial charge in [0, 0.05) is 56.5 Å². The van der Waals surface area contributed by atoms with Gasteiger partial charge in [-0.05, 0) is 70.5 Å². The molecule has 6 rings (SSSR count). The molecule has 4 aromatic heterocycles. The summed E-state index contributed by atoms with van der Waals surface area (Å²) in [5, 5.41) is 26.6. The van der Waals surface area contributed by atoms with Crippen LogP contribution in [0.2, 0.25) is 20.1 Å². The van der Waals surface area contributed by atoms with Gasteiger partial charge < -0.3 is 9.72 Å². The van der Waals surface area contributed by atoms with Crippen molar-refractivity contribution in [2.24, 2.45) is 0 Å². The molecule has 16 nitrogen and oxygen atoms in total. The topological polar surface area (TPSA) is 238 Å². The molecule has 6 aromatic rings. The first kappa shape index (κ1) is 52.2. The number of pyridine rings is 2. The fraction of sp³-hybridized carbons (Fsp3) is 0.231. The van der Waals surface area contributed by atoms with Gasteiger partial charge in [-0.3, -0.25) is 24.4 Å². The second kappa shape index (κ2) is 23.7. The molecule has 0 saturated carbocycles. The zero-order chi connectivity index (χ0) is 46.9. The van der Waals surface area contributed by atoms with Crippen LogP contribution in [-0.4, -0.2) is 46.6 Å². The van der Waals surface area contributed by atoms with Crippen molar-refractivity contribution >= 4 is 110 Å². The van der Waals surface area contributed by atoms with Crippen LogP contribution in [0.1, 0.15) is 84.3 Å². The van der Waals surface area contributed by atoms with E-state index in [1.807, 2.05) is 43.7 Å². The van der Waals surface area contributed by atoms with E-state index in [0.717, 1.165) is 26.1 Å². The Morgan fingerprint density at radius 2 is 1.08 bits per heavy atom. The van der Waals surface area contributed by atoms with Crippen LogP contribution in [0, 0.1) is 22.7 Å². The SMILES string of the molecule is CC(C)c1cc(Cc2c(Cl)cc(-n3nc(C#N)c(=O)[nH]c3=O)cc2Cl)c[nH]c1=O.COc1ncc(Cc2c(Cl)cc(-n3nc(C#N)c(=O)[nH]c3=O)cc2Cl)cc1C(C)C.II(I)I. The number of ether oxygens (including phenoxy) is 1. The Hall–Kier alpha value is -3.38. The molecule has 2 aromatic carbocycles. The third-order valence-electron chi connectivity index (χ3n) is 8.73. The van der Waals surface area contributed by atoms with E-state index in [1.54, 1.807) is 37.7 Å². The van der Waals surface area contributed by atoms with Crippen LogP contribution in [0.5, 0.6) is 5.88 Å². The Balaban J connectivity index is 0.000000255. The number of halogens is 8. The number of H-pyrrole nitrogens is 3. The Kier molecular flexibility index (Phi) is 19.7. The van der Waals surface area contributed by atoms with E-state index in [-0.39, 0.29) is 46.7 Å². The number of nitriles is 2. The molecule has 3 N–H and O–H groups in total. The summed E-state index contributed by atoms with van der Waals surface area (Å²) in [6.45, 7) is 7.94. The average Bonchev–Trinajstić information content (AvgIpc) is 3.21. The molecule has 0 aliphatic carbocycles. The predicted molar refractivity (Wildman–Crippen MR) is 278 cm³/mol. The van der Waals surface area contributed by atoms with Gasteiger partial charge >= 0.3 is 75.1 Å². The van der Waals surface area contributed by atoms with Crippen LogP contribution in [0.25, 0.3) is 11.4 Å². The summed E-state index contributed by atoms with van der Waals surface area (Å²) in [7, 11) is 1.22. The molecule has 4 heterocycles. The molecule has 0 fully saturated rings. The Morgan fingerprint density at radius 3 is 1.46 bits per heavy atom. The maximum atomic E-state index is 12.1. The standard InChI is InChI=1S/C20H17Cl2N5O3.C19H15Cl2N5O3.I4/c1-10(2)13-4-11(9-24-19(13)30-3)5-14-15(21)6-12(7-16(14)22)27-20(29)25-18(28)17(8-23)26-27;1-9(2)12-3-10(8-23-17(12)27)4-13-14(20)5-11(6-15(13)21)26-19(29)24-18(28)16(7-22)25-26;1-4(2)3/h4,6-7,9-10H,5H2,1-3H3,(H,25,28,29);3,5-6,8-9H,4H2,1-2H3,(H,23,27)(H,24,28,29);. The minimum atomic E-state index is -0.874. The zero-order valence-electron chi connectivity index (χ0n) is 33.3. The van der Waals surface area contributed by atoms with Gasteiger partial charge in [0.05, 0.1) is 18.5 Å². The van der Waals surface area contributed by atoms with Gasteiger partial charge in [0.2, 0.25) is 17.3 Å². The van der Waals surface area contributed by atoms with E-state index in [0.29, 0.717) is 45.5 Å². The van der Waals surface area contributed by atoms with E-state index >= 15 is 0 Å². The fourth-order valence-corrected chi connectivity index (χ4v) is 6.96. The molecule has 0 radical (unpaired) electrons. The second-order valence-corrected chi connectivity index (χ2v) is 64.0. The first-order valence-electron chi connectivity index (χ1n) is 17.9. The summed E-state index contributed by atoms with van der Waals surface area (Å²) in [6, 6.07) is 13.0. The van der Waals surface area contributed by atoms with Crippen molar-refractivity contribution in [3.05, 3.63) is 166 Å². The third-order valence-corrected chi connectivity index (χ3v) is 10.1. The molecule has 0 spiro atoms. The molecule has 0 aliphatic rings. The number of rotatable bonds is 9. The minimum absolute atomic E-state index is 0.0551. The van der Waals surface area contributed by atoms with E-state index in [2.05, 4.69) is 76.0 Å². The van der Waals surface area contributed by atoms with Gasteiger partial charge in [-0.25, -0.2) is 14.6 Å². The number of methoxy groups -OCH3 is 1. The summed E-state index contributed by atoms with van der Waals surface area (Å²) < 4.78 is 7.03.